The molecule has 1 heterocycles. The van der Waals surface area contributed by atoms with Gasteiger partial charge >= 0.3 is 11.8 Å². The van der Waals surface area contributed by atoms with E-state index in [9.17, 15) is 9.59 Å². The number of halogens is 1. The molecular weight excluding hydrogens is 452 g/mol. The second-order valence-corrected chi connectivity index (χ2v) is 8.91. The molecule has 8 heteroatoms. The summed E-state index contributed by atoms with van der Waals surface area (Å²) in [6.45, 7) is 8.53. The highest BCUT2D eigenvalue weighted by molar-refractivity contribution is 6.39. The first-order valence-corrected chi connectivity index (χ1v) is 12.4. The first-order valence-electron chi connectivity index (χ1n) is 12.1. The molecule has 0 aliphatic carbocycles. The van der Waals surface area contributed by atoms with Gasteiger partial charge in [-0.05, 0) is 42.3 Å². The Morgan fingerprint density at radius 2 is 1.65 bits per heavy atom. The number of nitrogens with one attached hydrogen (secondary N) is 2. The second kappa shape index (κ2) is 13.9. The van der Waals surface area contributed by atoms with Crippen molar-refractivity contribution in [2.24, 2.45) is 0 Å². The maximum Gasteiger partial charge on any atom is 0.313 e. The summed E-state index contributed by atoms with van der Waals surface area (Å²) in [7, 11) is 0. The molecule has 0 atom stereocenters. The third kappa shape index (κ3) is 8.63. The summed E-state index contributed by atoms with van der Waals surface area (Å²) in [6, 6.07) is 15.0. The smallest absolute Gasteiger partial charge is 0.313 e. The molecule has 2 N–H and O–H groups in total. The Morgan fingerprint density at radius 1 is 0.941 bits per heavy atom. The average Bonchev–Trinajstić information content (AvgIpc) is 2.85. The van der Waals surface area contributed by atoms with E-state index in [-0.39, 0.29) is 0 Å². The minimum absolute atomic E-state index is 0.432. The fourth-order valence-corrected chi connectivity index (χ4v) is 4.01. The van der Waals surface area contributed by atoms with E-state index >= 15 is 0 Å². The highest BCUT2D eigenvalue weighted by Crippen LogP contribution is 2.18. The Bertz CT molecular complexity index is 915. The van der Waals surface area contributed by atoms with Crippen LogP contribution < -0.4 is 15.4 Å². The Morgan fingerprint density at radius 3 is 2.35 bits per heavy atom. The number of amides is 2. The molecule has 0 aromatic heterocycles. The number of anilines is 1. The fourth-order valence-electron chi connectivity index (χ4n) is 3.81. The van der Waals surface area contributed by atoms with Crippen LogP contribution in [-0.2, 0) is 16.1 Å². The van der Waals surface area contributed by atoms with Crippen LogP contribution in [-0.4, -0.2) is 67.5 Å². The molecule has 2 aromatic rings. The molecule has 1 aliphatic rings. The quantitative estimate of drug-likeness (QED) is 0.373. The van der Waals surface area contributed by atoms with Gasteiger partial charge in [-0.2, -0.15) is 0 Å². The van der Waals surface area contributed by atoms with E-state index < -0.39 is 11.8 Å². The number of rotatable bonds is 11. The van der Waals surface area contributed by atoms with Crippen molar-refractivity contribution < 1.29 is 14.3 Å². The van der Waals surface area contributed by atoms with Gasteiger partial charge in [-0.15, -0.1) is 0 Å². The minimum atomic E-state index is -0.666. The molecular formula is C26H35ClN4O3. The number of nitrogens with zero attached hydrogens (tertiary/aromatic N) is 2. The predicted molar refractivity (Wildman–Crippen MR) is 136 cm³/mol. The van der Waals surface area contributed by atoms with E-state index in [0.29, 0.717) is 25.4 Å². The largest absolute Gasteiger partial charge is 0.494 e. The van der Waals surface area contributed by atoms with Crippen molar-refractivity contribution in [3.63, 3.8) is 0 Å². The summed E-state index contributed by atoms with van der Waals surface area (Å²) >= 11 is 6.27. The zero-order valence-corrected chi connectivity index (χ0v) is 20.7. The molecule has 34 heavy (non-hydrogen) atoms. The van der Waals surface area contributed by atoms with Crippen molar-refractivity contribution in [1.82, 2.24) is 15.1 Å². The van der Waals surface area contributed by atoms with Gasteiger partial charge in [-0.25, -0.2) is 0 Å². The van der Waals surface area contributed by atoms with E-state index in [1.807, 2.05) is 18.2 Å². The van der Waals surface area contributed by atoms with Crippen molar-refractivity contribution in [1.29, 1.82) is 0 Å². The zero-order valence-electron chi connectivity index (χ0n) is 19.9. The molecule has 184 valence electrons. The highest BCUT2D eigenvalue weighted by atomic mass is 35.5. The maximum atomic E-state index is 12.2. The molecule has 0 radical (unpaired) electrons. The average molecular weight is 487 g/mol. The number of ether oxygens (including phenoxy) is 1. The monoisotopic (exact) mass is 486 g/mol. The molecule has 0 spiro atoms. The molecule has 1 saturated heterocycles. The Labute approximate surface area is 207 Å². The topological polar surface area (TPSA) is 73.9 Å². The summed E-state index contributed by atoms with van der Waals surface area (Å²) in [5.41, 5.74) is 1.71. The van der Waals surface area contributed by atoms with Gasteiger partial charge in [0.1, 0.15) is 5.75 Å². The molecule has 1 fully saturated rings. The molecule has 0 unspecified atom stereocenters. The number of carbonyl (C=O) groups excluding carboxylic acids is 2. The van der Waals surface area contributed by atoms with Crippen LogP contribution in [0.3, 0.4) is 0 Å². The van der Waals surface area contributed by atoms with E-state index in [4.69, 9.17) is 16.3 Å². The summed E-state index contributed by atoms with van der Waals surface area (Å²) in [6.07, 6.45) is 3.31. The van der Waals surface area contributed by atoms with Gasteiger partial charge < -0.3 is 15.4 Å². The zero-order chi connectivity index (χ0) is 24.2. The van der Waals surface area contributed by atoms with Gasteiger partial charge in [-0.1, -0.05) is 49.6 Å². The van der Waals surface area contributed by atoms with E-state index in [1.165, 1.54) is 0 Å². The second-order valence-electron chi connectivity index (χ2n) is 8.50. The normalized spacial score (nSPS) is 14.5. The molecule has 2 amide bonds. The van der Waals surface area contributed by atoms with Crippen molar-refractivity contribution in [3.8, 4) is 5.75 Å². The summed E-state index contributed by atoms with van der Waals surface area (Å²) < 4.78 is 5.66. The van der Waals surface area contributed by atoms with Gasteiger partial charge in [0.15, 0.2) is 0 Å². The van der Waals surface area contributed by atoms with Gasteiger partial charge in [-0.3, -0.25) is 19.4 Å². The number of unbranched alkanes of at least 4 members (excludes halogenated alkanes) is 2. The molecule has 0 saturated carbocycles. The van der Waals surface area contributed by atoms with E-state index in [2.05, 4.69) is 33.4 Å². The van der Waals surface area contributed by atoms with Crippen molar-refractivity contribution >= 4 is 29.1 Å². The van der Waals surface area contributed by atoms with E-state index in [0.717, 1.165) is 68.3 Å². The molecule has 1 aliphatic heterocycles. The number of hydrogen-bond donors (Lipinski definition) is 2. The Hall–Kier alpha value is -2.61. The lowest BCUT2D eigenvalue weighted by molar-refractivity contribution is -0.136. The van der Waals surface area contributed by atoms with Crippen LogP contribution in [0.25, 0.3) is 0 Å². The standard InChI is InChI=1S/C26H35ClN4O3/c1-2-3-6-19-34-23-11-9-22(10-12-23)29-26(33)25(32)28-13-14-30-15-17-31(18-16-30)20-21-7-4-5-8-24(21)27/h4-5,7-12H,2-3,6,13-20H2,1H3,(H,28,32)(H,29,33). The Kier molecular flexibility index (Phi) is 10.7. The molecule has 7 nitrogen and oxygen atoms in total. The van der Waals surface area contributed by atoms with Gasteiger partial charge in [0, 0.05) is 56.5 Å². The number of carbonyl (C=O) groups is 2. The van der Waals surface area contributed by atoms with Gasteiger partial charge in [0.2, 0.25) is 0 Å². The summed E-state index contributed by atoms with van der Waals surface area (Å²) in [5.74, 6) is -0.538. The summed E-state index contributed by atoms with van der Waals surface area (Å²) in [5, 5.41) is 6.14. The molecule has 0 bridgehead atoms. The van der Waals surface area contributed by atoms with Crippen LogP contribution >= 0.6 is 11.6 Å². The molecule has 3 rings (SSSR count). The Balaban J connectivity index is 1.30. The number of piperazine rings is 1. The van der Waals surface area contributed by atoms with Crippen molar-refractivity contribution in [2.45, 2.75) is 32.7 Å². The third-order valence-electron chi connectivity index (χ3n) is 5.87. The lowest BCUT2D eigenvalue weighted by atomic mass is 10.2. The molecule has 2 aromatic carbocycles. The van der Waals surface area contributed by atoms with Crippen molar-refractivity contribution in [3.05, 3.63) is 59.1 Å². The minimum Gasteiger partial charge on any atom is -0.494 e. The van der Waals surface area contributed by atoms with Crippen LogP contribution in [0, 0.1) is 0 Å². The highest BCUT2D eigenvalue weighted by Gasteiger charge is 2.18. The maximum absolute atomic E-state index is 12.2. The predicted octanol–water partition coefficient (Wildman–Crippen LogP) is 3.78. The van der Waals surface area contributed by atoms with Gasteiger partial charge in [0.05, 0.1) is 6.61 Å². The SMILES string of the molecule is CCCCCOc1ccc(NC(=O)C(=O)NCCN2CCN(Cc3ccccc3Cl)CC2)cc1. The van der Waals surface area contributed by atoms with E-state index in [1.54, 1.807) is 24.3 Å². The van der Waals surface area contributed by atoms with Crippen LogP contribution in [0.5, 0.6) is 5.75 Å². The third-order valence-corrected chi connectivity index (χ3v) is 6.23. The first kappa shape index (κ1) is 26.0. The van der Waals surface area contributed by atoms with Gasteiger partial charge in [0.25, 0.3) is 0 Å². The summed E-state index contributed by atoms with van der Waals surface area (Å²) in [4.78, 5) is 29.0. The fraction of sp³-hybridized carbons (Fsp3) is 0.462. The lowest BCUT2D eigenvalue weighted by Gasteiger charge is -2.34. The lowest BCUT2D eigenvalue weighted by Crippen LogP contribution is -2.48. The van der Waals surface area contributed by atoms with Crippen LogP contribution in [0.2, 0.25) is 5.02 Å². The van der Waals surface area contributed by atoms with Crippen LogP contribution in [0.15, 0.2) is 48.5 Å². The van der Waals surface area contributed by atoms with Crippen LogP contribution in [0.4, 0.5) is 5.69 Å². The van der Waals surface area contributed by atoms with Crippen LogP contribution in [0.1, 0.15) is 31.7 Å². The van der Waals surface area contributed by atoms with Crippen molar-refractivity contribution in [2.75, 3.05) is 51.2 Å². The number of benzene rings is 2. The number of hydrogen-bond acceptors (Lipinski definition) is 5. The first-order chi connectivity index (χ1) is 16.5.